The van der Waals surface area contributed by atoms with Crippen LogP contribution in [0.2, 0.25) is 0 Å². The van der Waals surface area contributed by atoms with E-state index in [1.54, 1.807) is 35.5 Å². The van der Waals surface area contributed by atoms with Crippen molar-refractivity contribution in [3.63, 3.8) is 0 Å². The molecule has 1 saturated heterocycles. The zero-order valence-corrected chi connectivity index (χ0v) is 11.4. The molecule has 1 aliphatic heterocycles. The Balaban J connectivity index is 1.78. The van der Waals surface area contributed by atoms with Crippen LogP contribution >= 0.6 is 23.1 Å². The van der Waals surface area contributed by atoms with Crippen molar-refractivity contribution in [2.45, 2.75) is 11.4 Å². The summed E-state index contributed by atoms with van der Waals surface area (Å²) in [7, 11) is 0. The zero-order valence-electron chi connectivity index (χ0n) is 9.81. The summed E-state index contributed by atoms with van der Waals surface area (Å²) in [5, 5.41) is 12.9. The van der Waals surface area contributed by atoms with E-state index in [1.807, 2.05) is 18.2 Å². The van der Waals surface area contributed by atoms with Crippen molar-refractivity contribution in [1.82, 2.24) is 15.3 Å². The molecule has 2 atom stereocenters. The highest BCUT2D eigenvalue weighted by Crippen LogP contribution is 2.37. The van der Waals surface area contributed by atoms with Crippen LogP contribution < -0.4 is 5.32 Å². The molecule has 7 heteroatoms. The van der Waals surface area contributed by atoms with Crippen LogP contribution in [0.1, 0.15) is 10.4 Å². The highest BCUT2D eigenvalue weighted by atomic mass is 32.2. The molecule has 3 rings (SSSR count). The first kappa shape index (κ1) is 12.6. The maximum Gasteiger partial charge on any atom is 0.321 e. The van der Waals surface area contributed by atoms with Crippen molar-refractivity contribution in [1.29, 1.82) is 0 Å². The molecule has 2 N–H and O–H groups in total. The van der Waals surface area contributed by atoms with Gasteiger partial charge in [0.25, 0.3) is 0 Å². The number of carboxylic acids is 1. The van der Waals surface area contributed by atoms with E-state index < -0.39 is 12.0 Å². The number of nitrogens with zero attached hydrogens (tertiary/aromatic N) is 2. The van der Waals surface area contributed by atoms with E-state index in [4.69, 9.17) is 5.11 Å². The summed E-state index contributed by atoms with van der Waals surface area (Å²) < 4.78 is 0. The van der Waals surface area contributed by atoms with E-state index in [0.29, 0.717) is 5.75 Å². The van der Waals surface area contributed by atoms with Gasteiger partial charge in [0.2, 0.25) is 0 Å². The molecular weight excluding hydrogens is 282 g/mol. The van der Waals surface area contributed by atoms with E-state index in [0.717, 1.165) is 15.6 Å². The van der Waals surface area contributed by atoms with Crippen LogP contribution in [0.25, 0.3) is 10.6 Å². The number of thiazole rings is 1. The Morgan fingerprint density at radius 2 is 2.32 bits per heavy atom. The van der Waals surface area contributed by atoms with Crippen LogP contribution in [0.4, 0.5) is 0 Å². The van der Waals surface area contributed by atoms with Crippen molar-refractivity contribution in [2.24, 2.45) is 0 Å². The number of aliphatic carboxylic acids is 1. The minimum Gasteiger partial charge on any atom is -0.480 e. The number of carboxylic acid groups (broad SMARTS) is 1. The number of hydrogen-bond donors (Lipinski definition) is 2. The number of rotatable bonds is 3. The number of carbonyl (C=O) groups is 1. The molecule has 0 amide bonds. The molecule has 98 valence electrons. The van der Waals surface area contributed by atoms with Gasteiger partial charge in [-0.3, -0.25) is 15.1 Å². The third kappa shape index (κ3) is 2.63. The first-order valence-electron chi connectivity index (χ1n) is 5.71. The number of nitrogens with one attached hydrogen (secondary N) is 1. The van der Waals surface area contributed by atoms with Crippen LogP contribution in [0, 0.1) is 0 Å². The molecule has 5 nitrogen and oxygen atoms in total. The molecule has 1 fully saturated rings. The minimum absolute atomic E-state index is 0.0384. The van der Waals surface area contributed by atoms with Gasteiger partial charge in [0, 0.05) is 18.1 Å². The maximum absolute atomic E-state index is 10.9. The summed E-state index contributed by atoms with van der Waals surface area (Å²) in [6.45, 7) is 0. The van der Waals surface area contributed by atoms with Gasteiger partial charge in [0.05, 0.1) is 10.6 Å². The molecule has 19 heavy (non-hydrogen) atoms. The van der Waals surface area contributed by atoms with E-state index in [9.17, 15) is 4.79 Å². The first-order chi connectivity index (χ1) is 9.24. The Kier molecular flexibility index (Phi) is 3.50. The number of pyridine rings is 1. The van der Waals surface area contributed by atoms with E-state index in [2.05, 4.69) is 15.3 Å². The van der Waals surface area contributed by atoms with Crippen molar-refractivity contribution in [3.8, 4) is 10.6 Å². The van der Waals surface area contributed by atoms with Gasteiger partial charge in [-0.1, -0.05) is 6.07 Å². The Hall–Kier alpha value is -1.44. The Labute approximate surface area is 118 Å². The van der Waals surface area contributed by atoms with Crippen molar-refractivity contribution in [2.75, 3.05) is 5.75 Å². The van der Waals surface area contributed by atoms with Gasteiger partial charge in [0.15, 0.2) is 0 Å². The Morgan fingerprint density at radius 3 is 3.00 bits per heavy atom. The van der Waals surface area contributed by atoms with Crippen molar-refractivity contribution in [3.05, 3.63) is 35.6 Å². The fraction of sp³-hybridized carbons (Fsp3) is 0.250. The molecule has 0 spiro atoms. The second-order valence-electron chi connectivity index (χ2n) is 4.05. The van der Waals surface area contributed by atoms with Crippen molar-refractivity contribution >= 4 is 29.1 Å². The van der Waals surface area contributed by atoms with Crippen LogP contribution in [-0.2, 0) is 4.79 Å². The smallest absolute Gasteiger partial charge is 0.321 e. The lowest BCUT2D eigenvalue weighted by Gasteiger charge is -2.06. The van der Waals surface area contributed by atoms with Crippen LogP contribution in [0.15, 0.2) is 30.6 Å². The van der Waals surface area contributed by atoms with Gasteiger partial charge >= 0.3 is 5.97 Å². The molecule has 0 aromatic carbocycles. The van der Waals surface area contributed by atoms with Crippen LogP contribution in [-0.4, -0.2) is 32.8 Å². The lowest BCUT2D eigenvalue weighted by Crippen LogP contribution is -2.33. The van der Waals surface area contributed by atoms with Gasteiger partial charge in [-0.25, -0.2) is 4.98 Å². The summed E-state index contributed by atoms with van der Waals surface area (Å²) >= 11 is 3.12. The minimum atomic E-state index is -0.809. The Morgan fingerprint density at radius 1 is 1.42 bits per heavy atom. The van der Waals surface area contributed by atoms with E-state index in [1.165, 1.54) is 0 Å². The van der Waals surface area contributed by atoms with Gasteiger partial charge < -0.3 is 5.11 Å². The molecule has 3 heterocycles. The maximum atomic E-state index is 10.9. The summed E-state index contributed by atoms with van der Waals surface area (Å²) in [5.74, 6) is -0.241. The monoisotopic (exact) mass is 293 g/mol. The molecule has 0 radical (unpaired) electrons. The largest absolute Gasteiger partial charge is 0.480 e. The predicted octanol–water partition coefficient (Wildman–Crippen LogP) is 1.99. The quantitative estimate of drug-likeness (QED) is 0.901. The number of thioether (sulfide) groups is 1. The SMILES string of the molecule is O=C(O)C1CSC(c2ncc(-c3ccccn3)s2)N1. The number of hydrogen-bond acceptors (Lipinski definition) is 6. The number of aromatic nitrogens is 2. The predicted molar refractivity (Wildman–Crippen MR) is 75.1 cm³/mol. The summed E-state index contributed by atoms with van der Waals surface area (Å²) in [5.41, 5.74) is 0.893. The zero-order chi connectivity index (χ0) is 13.2. The molecule has 1 aliphatic rings. The van der Waals surface area contributed by atoms with Crippen molar-refractivity contribution < 1.29 is 9.90 Å². The third-order valence-electron chi connectivity index (χ3n) is 2.75. The molecule has 0 bridgehead atoms. The highest BCUT2D eigenvalue weighted by molar-refractivity contribution is 7.99. The molecule has 2 unspecified atom stereocenters. The second-order valence-corrected chi connectivity index (χ2v) is 6.25. The second kappa shape index (κ2) is 5.28. The third-order valence-corrected chi connectivity index (χ3v) is 5.20. The standard InChI is InChI=1S/C12H11N3O2S2/c16-12(17)8-6-18-11(15-8)10-14-5-9(19-10)7-3-1-2-4-13-7/h1-5,8,11,15H,6H2,(H,16,17). The molecule has 0 saturated carbocycles. The summed E-state index contributed by atoms with van der Waals surface area (Å²) in [4.78, 5) is 20.6. The normalized spacial score (nSPS) is 22.5. The Bertz CT molecular complexity index is 588. The average molecular weight is 293 g/mol. The lowest BCUT2D eigenvalue weighted by molar-refractivity contribution is -0.138. The fourth-order valence-electron chi connectivity index (χ4n) is 1.79. The first-order valence-corrected chi connectivity index (χ1v) is 7.58. The summed E-state index contributed by atoms with van der Waals surface area (Å²) in [6, 6.07) is 5.26. The van der Waals surface area contributed by atoms with E-state index in [-0.39, 0.29) is 5.37 Å². The van der Waals surface area contributed by atoms with Gasteiger partial charge in [0.1, 0.15) is 16.4 Å². The average Bonchev–Trinajstić information content (AvgIpc) is 3.09. The lowest BCUT2D eigenvalue weighted by atomic mass is 10.3. The molecular formula is C12H11N3O2S2. The van der Waals surface area contributed by atoms with Gasteiger partial charge in [-0.15, -0.1) is 23.1 Å². The summed E-state index contributed by atoms with van der Waals surface area (Å²) in [6.07, 6.45) is 3.54. The van der Waals surface area contributed by atoms with Gasteiger partial charge in [-0.05, 0) is 12.1 Å². The van der Waals surface area contributed by atoms with E-state index >= 15 is 0 Å². The van der Waals surface area contributed by atoms with Gasteiger partial charge in [-0.2, -0.15) is 0 Å². The fourth-order valence-corrected chi connectivity index (χ4v) is 4.06. The molecule has 2 aromatic rings. The molecule has 2 aromatic heterocycles. The topological polar surface area (TPSA) is 75.1 Å². The van der Waals surface area contributed by atoms with Crippen LogP contribution in [0.3, 0.4) is 0 Å². The van der Waals surface area contributed by atoms with Crippen LogP contribution in [0.5, 0.6) is 0 Å². The molecule has 0 aliphatic carbocycles. The highest BCUT2D eigenvalue weighted by Gasteiger charge is 2.32.